The van der Waals surface area contributed by atoms with E-state index in [1.165, 1.54) is 0 Å². The van der Waals surface area contributed by atoms with E-state index >= 15 is 0 Å². The molecule has 126 valence electrons. The van der Waals surface area contributed by atoms with E-state index in [-0.39, 0.29) is 25.9 Å². The third kappa shape index (κ3) is 3.76. The highest BCUT2D eigenvalue weighted by atomic mass is 16.7. The van der Waals surface area contributed by atoms with Gasteiger partial charge in [-0.15, -0.1) is 0 Å². The SMILES string of the molecule is O=C(Nc1ccc2c(c1)OCO2)c1cccc(NCC(O)CO)c1. The third-order valence-electron chi connectivity index (χ3n) is 3.51. The summed E-state index contributed by atoms with van der Waals surface area (Å²) in [6, 6.07) is 12.1. The molecule has 7 nitrogen and oxygen atoms in total. The van der Waals surface area contributed by atoms with Crippen LogP contribution >= 0.6 is 0 Å². The lowest BCUT2D eigenvalue weighted by molar-refractivity contribution is 0.102. The zero-order valence-electron chi connectivity index (χ0n) is 12.9. The summed E-state index contributed by atoms with van der Waals surface area (Å²) in [6.07, 6.45) is -0.851. The molecule has 0 saturated heterocycles. The molecule has 1 aliphatic heterocycles. The van der Waals surface area contributed by atoms with Crippen molar-refractivity contribution >= 4 is 17.3 Å². The molecule has 0 radical (unpaired) electrons. The predicted molar refractivity (Wildman–Crippen MR) is 88.5 cm³/mol. The maximum absolute atomic E-state index is 12.4. The Morgan fingerprint density at radius 1 is 1.12 bits per heavy atom. The van der Waals surface area contributed by atoms with Gasteiger partial charge in [0.05, 0.1) is 12.7 Å². The van der Waals surface area contributed by atoms with Crippen molar-refractivity contribution in [2.24, 2.45) is 0 Å². The van der Waals surface area contributed by atoms with Crippen molar-refractivity contribution in [2.75, 3.05) is 30.6 Å². The summed E-state index contributed by atoms with van der Waals surface area (Å²) in [7, 11) is 0. The second kappa shape index (κ2) is 7.20. The molecule has 1 amide bonds. The molecule has 3 rings (SSSR count). The molecule has 0 spiro atoms. The maximum atomic E-state index is 12.4. The number of anilines is 2. The molecule has 0 aliphatic carbocycles. The first-order chi connectivity index (χ1) is 11.7. The van der Waals surface area contributed by atoms with Crippen LogP contribution < -0.4 is 20.1 Å². The fourth-order valence-electron chi connectivity index (χ4n) is 2.25. The van der Waals surface area contributed by atoms with Gasteiger partial charge in [-0.3, -0.25) is 4.79 Å². The quantitative estimate of drug-likeness (QED) is 0.639. The Hall–Kier alpha value is -2.77. The Kier molecular flexibility index (Phi) is 4.83. The van der Waals surface area contributed by atoms with Crippen LogP contribution in [0.15, 0.2) is 42.5 Å². The van der Waals surface area contributed by atoms with Crippen LogP contribution in [0.1, 0.15) is 10.4 Å². The average Bonchev–Trinajstić information content (AvgIpc) is 3.07. The molecule has 24 heavy (non-hydrogen) atoms. The van der Waals surface area contributed by atoms with Gasteiger partial charge in [0.15, 0.2) is 11.5 Å². The van der Waals surface area contributed by atoms with Gasteiger partial charge in [-0.2, -0.15) is 0 Å². The zero-order chi connectivity index (χ0) is 16.9. The molecule has 2 aromatic rings. The summed E-state index contributed by atoms with van der Waals surface area (Å²) in [6.45, 7) is 0.0567. The van der Waals surface area contributed by atoms with E-state index in [4.69, 9.17) is 14.6 Å². The summed E-state index contributed by atoms with van der Waals surface area (Å²) in [5.74, 6) is 0.989. The van der Waals surface area contributed by atoms with Crippen LogP contribution in [-0.4, -0.2) is 42.2 Å². The summed E-state index contributed by atoms with van der Waals surface area (Å²) < 4.78 is 10.5. The Balaban J connectivity index is 1.66. The lowest BCUT2D eigenvalue weighted by atomic mass is 10.1. The molecule has 1 atom stereocenters. The van der Waals surface area contributed by atoms with Crippen LogP contribution in [0.25, 0.3) is 0 Å². The molecule has 0 bridgehead atoms. The Morgan fingerprint density at radius 2 is 1.96 bits per heavy atom. The van der Waals surface area contributed by atoms with E-state index in [1.54, 1.807) is 42.5 Å². The summed E-state index contributed by atoms with van der Waals surface area (Å²) in [4.78, 5) is 12.4. The minimum absolute atomic E-state index is 0.181. The van der Waals surface area contributed by atoms with Gasteiger partial charge >= 0.3 is 0 Å². The molecule has 0 aromatic heterocycles. The first-order valence-electron chi connectivity index (χ1n) is 7.49. The monoisotopic (exact) mass is 330 g/mol. The number of aliphatic hydroxyl groups is 2. The van der Waals surface area contributed by atoms with E-state index < -0.39 is 6.10 Å². The van der Waals surface area contributed by atoms with E-state index in [0.29, 0.717) is 28.4 Å². The average molecular weight is 330 g/mol. The topological polar surface area (TPSA) is 100 Å². The number of benzene rings is 2. The van der Waals surface area contributed by atoms with Crippen molar-refractivity contribution < 1.29 is 24.5 Å². The highest BCUT2D eigenvalue weighted by Crippen LogP contribution is 2.34. The number of rotatable bonds is 6. The van der Waals surface area contributed by atoms with Crippen LogP contribution in [-0.2, 0) is 0 Å². The van der Waals surface area contributed by atoms with Gasteiger partial charge in [0, 0.05) is 29.5 Å². The maximum Gasteiger partial charge on any atom is 0.255 e. The summed E-state index contributed by atoms with van der Waals surface area (Å²) in [5, 5.41) is 23.9. The second-order valence-electron chi connectivity index (χ2n) is 5.32. The van der Waals surface area contributed by atoms with Crippen molar-refractivity contribution in [3.05, 3.63) is 48.0 Å². The molecule has 4 N–H and O–H groups in total. The standard InChI is InChI=1S/C17H18N2O5/c20-9-14(21)8-18-12-3-1-2-11(6-12)17(22)19-13-4-5-15-16(7-13)24-10-23-15/h1-7,14,18,20-21H,8-10H2,(H,19,22). The number of aliphatic hydroxyl groups excluding tert-OH is 2. The minimum atomic E-state index is -0.851. The number of hydrogen-bond acceptors (Lipinski definition) is 6. The van der Waals surface area contributed by atoms with E-state index in [1.807, 2.05) is 0 Å². The van der Waals surface area contributed by atoms with Gasteiger partial charge in [0.25, 0.3) is 5.91 Å². The van der Waals surface area contributed by atoms with E-state index in [2.05, 4.69) is 10.6 Å². The van der Waals surface area contributed by atoms with Crippen LogP contribution in [0.2, 0.25) is 0 Å². The molecular formula is C17H18N2O5. The van der Waals surface area contributed by atoms with Crippen molar-refractivity contribution in [3.8, 4) is 11.5 Å². The largest absolute Gasteiger partial charge is 0.454 e. The van der Waals surface area contributed by atoms with Gasteiger partial charge < -0.3 is 30.3 Å². The Labute approximate surface area is 138 Å². The lowest BCUT2D eigenvalue weighted by Gasteiger charge is -2.11. The Morgan fingerprint density at radius 3 is 2.79 bits per heavy atom. The second-order valence-corrected chi connectivity index (χ2v) is 5.32. The summed E-state index contributed by atoms with van der Waals surface area (Å²) >= 11 is 0. The number of ether oxygens (including phenoxy) is 2. The molecule has 1 heterocycles. The Bertz CT molecular complexity index is 735. The zero-order valence-corrected chi connectivity index (χ0v) is 12.9. The minimum Gasteiger partial charge on any atom is -0.454 e. The summed E-state index contributed by atoms with van der Waals surface area (Å²) in [5.41, 5.74) is 1.76. The van der Waals surface area contributed by atoms with Crippen molar-refractivity contribution in [1.29, 1.82) is 0 Å². The first-order valence-corrected chi connectivity index (χ1v) is 7.49. The number of fused-ring (bicyclic) bond motifs is 1. The van der Waals surface area contributed by atoms with Gasteiger partial charge in [-0.25, -0.2) is 0 Å². The van der Waals surface area contributed by atoms with Gasteiger partial charge in [-0.1, -0.05) is 6.07 Å². The molecule has 1 unspecified atom stereocenters. The molecule has 1 aliphatic rings. The highest BCUT2D eigenvalue weighted by molar-refractivity contribution is 6.05. The fraction of sp³-hybridized carbons (Fsp3) is 0.235. The third-order valence-corrected chi connectivity index (χ3v) is 3.51. The van der Waals surface area contributed by atoms with Crippen LogP contribution in [0.3, 0.4) is 0 Å². The molecule has 7 heteroatoms. The first kappa shape index (κ1) is 16.1. The van der Waals surface area contributed by atoms with Gasteiger partial charge in [-0.05, 0) is 30.3 Å². The van der Waals surface area contributed by atoms with Gasteiger partial charge in [0.1, 0.15) is 0 Å². The normalized spacial score (nSPS) is 13.4. The number of carbonyl (C=O) groups excluding carboxylic acids is 1. The molecule has 2 aromatic carbocycles. The van der Waals surface area contributed by atoms with E-state index in [9.17, 15) is 9.90 Å². The predicted octanol–water partition coefficient (Wildman–Crippen LogP) is 1.43. The van der Waals surface area contributed by atoms with Crippen LogP contribution in [0, 0.1) is 0 Å². The van der Waals surface area contributed by atoms with Crippen molar-refractivity contribution in [2.45, 2.75) is 6.10 Å². The van der Waals surface area contributed by atoms with Crippen molar-refractivity contribution in [3.63, 3.8) is 0 Å². The van der Waals surface area contributed by atoms with E-state index in [0.717, 1.165) is 0 Å². The van der Waals surface area contributed by atoms with Crippen LogP contribution in [0.4, 0.5) is 11.4 Å². The molecule has 0 fully saturated rings. The van der Waals surface area contributed by atoms with Crippen LogP contribution in [0.5, 0.6) is 11.5 Å². The number of amides is 1. The molecule has 0 saturated carbocycles. The highest BCUT2D eigenvalue weighted by Gasteiger charge is 2.15. The number of carbonyl (C=O) groups is 1. The van der Waals surface area contributed by atoms with Gasteiger partial charge in [0.2, 0.25) is 6.79 Å². The smallest absolute Gasteiger partial charge is 0.255 e. The van der Waals surface area contributed by atoms with Crippen molar-refractivity contribution in [1.82, 2.24) is 0 Å². The molecular weight excluding hydrogens is 312 g/mol. The number of nitrogens with one attached hydrogen (secondary N) is 2. The lowest BCUT2D eigenvalue weighted by Crippen LogP contribution is -2.23. The fourth-order valence-corrected chi connectivity index (χ4v) is 2.25. The number of hydrogen-bond donors (Lipinski definition) is 4.